The molecule has 0 spiro atoms. The molecule has 0 radical (unpaired) electrons. The van der Waals surface area contributed by atoms with Gasteiger partial charge in [0.1, 0.15) is 6.73 Å². The van der Waals surface area contributed by atoms with E-state index in [0.717, 1.165) is 25.8 Å². The van der Waals surface area contributed by atoms with Crippen molar-refractivity contribution in [3.63, 3.8) is 0 Å². The molecule has 5 nitrogen and oxygen atoms in total. The second-order valence-corrected chi connectivity index (χ2v) is 4.42. The summed E-state index contributed by atoms with van der Waals surface area (Å²) in [6.07, 6.45) is 3.14. The molecule has 102 valence electrons. The van der Waals surface area contributed by atoms with E-state index in [0.29, 0.717) is 31.9 Å². The number of likely N-dealkylation sites (tertiary alicyclic amines) is 1. The molecule has 0 N–H and O–H groups in total. The molecule has 1 saturated heterocycles. The molecule has 0 aromatic carbocycles. The first-order chi connectivity index (χ1) is 8.61. The van der Waals surface area contributed by atoms with Crippen LogP contribution in [0.3, 0.4) is 0 Å². The molecule has 1 fully saturated rings. The fourth-order valence-corrected chi connectivity index (χ4v) is 1.61. The molecule has 0 unspecified atom stereocenters. The van der Waals surface area contributed by atoms with Crippen LogP contribution < -0.4 is 0 Å². The van der Waals surface area contributed by atoms with Crippen LogP contribution >= 0.6 is 0 Å². The molecule has 5 heteroatoms. The van der Waals surface area contributed by atoms with E-state index in [1.54, 1.807) is 11.8 Å². The van der Waals surface area contributed by atoms with Crippen LogP contribution in [0.1, 0.15) is 32.6 Å². The van der Waals surface area contributed by atoms with E-state index >= 15 is 0 Å². The summed E-state index contributed by atoms with van der Waals surface area (Å²) in [6, 6.07) is 0. The van der Waals surface area contributed by atoms with Crippen molar-refractivity contribution in [2.75, 3.05) is 26.5 Å². The zero-order valence-electron chi connectivity index (χ0n) is 10.9. The van der Waals surface area contributed by atoms with Gasteiger partial charge in [-0.3, -0.25) is 4.79 Å². The van der Waals surface area contributed by atoms with Crippen LogP contribution in [0.2, 0.25) is 0 Å². The molecule has 1 rings (SSSR count). The molecular formula is C13H21NO4. The maximum absolute atomic E-state index is 11.3. The van der Waals surface area contributed by atoms with E-state index < -0.39 is 0 Å². The van der Waals surface area contributed by atoms with Crippen molar-refractivity contribution in [1.29, 1.82) is 0 Å². The number of ether oxygens (including phenoxy) is 2. The van der Waals surface area contributed by atoms with Gasteiger partial charge in [0.05, 0.1) is 6.61 Å². The monoisotopic (exact) mass is 255 g/mol. The molecule has 1 aliphatic rings. The van der Waals surface area contributed by atoms with Gasteiger partial charge in [-0.25, -0.2) is 4.79 Å². The maximum atomic E-state index is 11.3. The number of hydrogen-bond acceptors (Lipinski definition) is 4. The van der Waals surface area contributed by atoms with Crippen LogP contribution in [0.15, 0.2) is 12.2 Å². The van der Waals surface area contributed by atoms with Crippen molar-refractivity contribution in [1.82, 2.24) is 4.90 Å². The molecule has 0 aromatic heterocycles. The van der Waals surface area contributed by atoms with Gasteiger partial charge in [0, 0.05) is 25.1 Å². The third kappa shape index (κ3) is 5.31. The van der Waals surface area contributed by atoms with Gasteiger partial charge >= 0.3 is 5.97 Å². The highest BCUT2D eigenvalue weighted by molar-refractivity contribution is 5.86. The Morgan fingerprint density at radius 2 is 2.11 bits per heavy atom. The minimum Gasteiger partial charge on any atom is -0.462 e. The predicted molar refractivity (Wildman–Crippen MR) is 66.8 cm³/mol. The van der Waals surface area contributed by atoms with Crippen molar-refractivity contribution in [2.24, 2.45) is 0 Å². The van der Waals surface area contributed by atoms with E-state index in [9.17, 15) is 9.59 Å². The molecule has 0 saturated carbocycles. The summed E-state index contributed by atoms with van der Waals surface area (Å²) in [5.74, 6) is -0.177. The highest BCUT2D eigenvalue weighted by Gasteiger charge is 2.19. The number of nitrogens with zero attached hydrogens (tertiary/aromatic N) is 1. The first-order valence-electron chi connectivity index (χ1n) is 6.29. The van der Waals surface area contributed by atoms with Crippen LogP contribution in [0.4, 0.5) is 0 Å². The number of rotatable bonds is 8. The molecular weight excluding hydrogens is 234 g/mol. The van der Waals surface area contributed by atoms with Crippen molar-refractivity contribution in [2.45, 2.75) is 32.6 Å². The van der Waals surface area contributed by atoms with Crippen LogP contribution in [0.25, 0.3) is 0 Å². The predicted octanol–water partition coefficient (Wildman–Crippen LogP) is 1.48. The fraction of sp³-hybridized carbons (Fsp3) is 0.692. The number of esters is 1. The van der Waals surface area contributed by atoms with Gasteiger partial charge in [-0.1, -0.05) is 6.58 Å². The molecule has 0 aromatic rings. The number of amides is 1. The molecule has 0 atom stereocenters. The lowest BCUT2D eigenvalue weighted by Gasteiger charge is -2.15. The molecule has 0 bridgehead atoms. The molecule has 0 aliphatic carbocycles. The van der Waals surface area contributed by atoms with Gasteiger partial charge < -0.3 is 14.4 Å². The van der Waals surface area contributed by atoms with Gasteiger partial charge in [-0.2, -0.15) is 0 Å². The van der Waals surface area contributed by atoms with Gasteiger partial charge in [0.2, 0.25) is 5.91 Å². The fourth-order valence-electron chi connectivity index (χ4n) is 1.61. The summed E-state index contributed by atoms with van der Waals surface area (Å²) in [4.78, 5) is 24.0. The lowest BCUT2D eigenvalue weighted by Crippen LogP contribution is -2.27. The Bertz CT molecular complexity index is 314. The Balaban J connectivity index is 1.91. The number of hydrogen-bond donors (Lipinski definition) is 0. The van der Waals surface area contributed by atoms with E-state index in [2.05, 4.69) is 6.58 Å². The average molecular weight is 255 g/mol. The molecule has 18 heavy (non-hydrogen) atoms. The third-order valence-electron chi connectivity index (χ3n) is 2.68. The quantitative estimate of drug-likeness (QED) is 0.374. The first-order valence-corrected chi connectivity index (χ1v) is 6.29. The minimum absolute atomic E-state index is 0.172. The van der Waals surface area contributed by atoms with Crippen LogP contribution in [0.5, 0.6) is 0 Å². The lowest BCUT2D eigenvalue weighted by molar-refractivity contribution is -0.139. The third-order valence-corrected chi connectivity index (χ3v) is 2.68. The van der Waals surface area contributed by atoms with Gasteiger partial charge in [0.25, 0.3) is 0 Å². The van der Waals surface area contributed by atoms with Gasteiger partial charge in [-0.15, -0.1) is 0 Å². The Morgan fingerprint density at radius 3 is 2.72 bits per heavy atom. The average Bonchev–Trinajstić information content (AvgIpc) is 2.73. The summed E-state index contributed by atoms with van der Waals surface area (Å²) in [5, 5.41) is 0. The van der Waals surface area contributed by atoms with Crippen molar-refractivity contribution >= 4 is 11.9 Å². The summed E-state index contributed by atoms with van der Waals surface area (Å²) in [5.41, 5.74) is 0.416. The van der Waals surface area contributed by atoms with E-state index in [1.807, 2.05) is 0 Å². The lowest BCUT2D eigenvalue weighted by atomic mass is 10.3. The molecule has 1 amide bonds. The first kappa shape index (κ1) is 14.7. The highest BCUT2D eigenvalue weighted by atomic mass is 16.5. The second-order valence-electron chi connectivity index (χ2n) is 4.42. The van der Waals surface area contributed by atoms with Crippen LogP contribution in [0, 0.1) is 0 Å². The number of carbonyl (C=O) groups excluding carboxylic acids is 2. The zero-order valence-corrected chi connectivity index (χ0v) is 10.9. The Hall–Kier alpha value is -1.36. The summed E-state index contributed by atoms with van der Waals surface area (Å²) < 4.78 is 10.3. The Morgan fingerprint density at radius 1 is 1.39 bits per heavy atom. The zero-order chi connectivity index (χ0) is 13.4. The van der Waals surface area contributed by atoms with E-state index in [4.69, 9.17) is 9.47 Å². The van der Waals surface area contributed by atoms with E-state index in [1.165, 1.54) is 0 Å². The SMILES string of the molecule is C=C(C)C(=O)OCCCCOCN1CCCC1=O. The van der Waals surface area contributed by atoms with Gasteiger partial charge in [0.15, 0.2) is 0 Å². The minimum atomic E-state index is -0.349. The Kier molecular flexibility index (Phi) is 6.43. The van der Waals surface area contributed by atoms with E-state index in [-0.39, 0.29) is 11.9 Å². The van der Waals surface area contributed by atoms with Crippen molar-refractivity contribution in [3.05, 3.63) is 12.2 Å². The van der Waals surface area contributed by atoms with Crippen molar-refractivity contribution in [3.8, 4) is 0 Å². The summed E-state index contributed by atoms with van der Waals surface area (Å²) in [6.45, 7) is 7.27. The smallest absolute Gasteiger partial charge is 0.333 e. The van der Waals surface area contributed by atoms with Crippen LogP contribution in [-0.2, 0) is 19.1 Å². The second kappa shape index (κ2) is 7.87. The van der Waals surface area contributed by atoms with Crippen molar-refractivity contribution < 1.29 is 19.1 Å². The van der Waals surface area contributed by atoms with Gasteiger partial charge in [-0.05, 0) is 26.2 Å². The highest BCUT2D eigenvalue weighted by Crippen LogP contribution is 2.08. The number of carbonyl (C=O) groups is 2. The van der Waals surface area contributed by atoms with Crippen LogP contribution in [-0.4, -0.2) is 43.3 Å². The topological polar surface area (TPSA) is 55.8 Å². The molecule has 1 aliphatic heterocycles. The Labute approximate surface area is 108 Å². The standard InChI is InChI=1S/C13H21NO4/c1-11(2)13(16)18-9-4-3-8-17-10-14-7-5-6-12(14)15/h1,3-10H2,2H3. The summed E-state index contributed by atoms with van der Waals surface area (Å²) in [7, 11) is 0. The molecule has 1 heterocycles. The maximum Gasteiger partial charge on any atom is 0.333 e. The normalized spacial score (nSPS) is 14.9. The number of unbranched alkanes of at least 4 members (excludes halogenated alkanes) is 1. The largest absolute Gasteiger partial charge is 0.462 e. The summed E-state index contributed by atoms with van der Waals surface area (Å²) >= 11 is 0.